The summed E-state index contributed by atoms with van der Waals surface area (Å²) < 4.78 is 0. The summed E-state index contributed by atoms with van der Waals surface area (Å²) in [5.41, 5.74) is 5.20. The molecule has 2 atom stereocenters. The van der Waals surface area contributed by atoms with E-state index in [4.69, 9.17) is 5.73 Å². The first-order valence-electron chi connectivity index (χ1n) is 5.62. The van der Waals surface area contributed by atoms with Crippen LogP contribution in [-0.4, -0.2) is 42.2 Å². The number of hydrogen-bond acceptors (Lipinski definition) is 4. The van der Waals surface area contributed by atoms with E-state index in [1.54, 1.807) is 0 Å². The molecule has 0 saturated heterocycles. The molecule has 0 radical (unpaired) electrons. The molecule has 92 valence electrons. The van der Waals surface area contributed by atoms with Crippen LogP contribution in [0.25, 0.3) is 0 Å². The van der Waals surface area contributed by atoms with Gasteiger partial charge in [-0.2, -0.15) is 0 Å². The van der Waals surface area contributed by atoms with Gasteiger partial charge in [0.25, 0.3) is 0 Å². The van der Waals surface area contributed by atoms with Crippen LogP contribution in [0.1, 0.15) is 25.7 Å². The Morgan fingerprint density at radius 2 is 1.94 bits per heavy atom. The number of carbonyl (C=O) groups excluding carboxylic acids is 2. The highest BCUT2D eigenvalue weighted by molar-refractivity contribution is 6.35. The summed E-state index contributed by atoms with van der Waals surface area (Å²) in [4.78, 5) is 22.6. The molecular weight excluding hydrogens is 210 g/mol. The number of amides is 2. The summed E-state index contributed by atoms with van der Waals surface area (Å²) in [5, 5.41) is 14.5. The van der Waals surface area contributed by atoms with E-state index in [0.29, 0.717) is 13.0 Å². The summed E-state index contributed by atoms with van der Waals surface area (Å²) in [7, 11) is 0. The second-order valence-electron chi connectivity index (χ2n) is 3.98. The summed E-state index contributed by atoms with van der Waals surface area (Å²) in [6.45, 7) is 0.574. The minimum absolute atomic E-state index is 0.277. The van der Waals surface area contributed by atoms with E-state index in [-0.39, 0.29) is 12.6 Å². The second-order valence-corrected chi connectivity index (χ2v) is 3.98. The van der Waals surface area contributed by atoms with Gasteiger partial charge in [-0.05, 0) is 12.8 Å². The number of carbonyl (C=O) groups is 2. The van der Waals surface area contributed by atoms with Crippen molar-refractivity contribution >= 4 is 11.8 Å². The molecule has 1 rings (SSSR count). The number of rotatable bonds is 3. The second kappa shape index (κ2) is 6.44. The van der Waals surface area contributed by atoms with Crippen LogP contribution in [0, 0.1) is 0 Å². The number of nitrogens with two attached hydrogens (primary N) is 1. The van der Waals surface area contributed by atoms with Crippen LogP contribution in [0.5, 0.6) is 0 Å². The van der Waals surface area contributed by atoms with Gasteiger partial charge in [-0.1, -0.05) is 12.8 Å². The molecule has 16 heavy (non-hydrogen) atoms. The number of hydrogen-bond donors (Lipinski definition) is 4. The average Bonchev–Trinajstić information content (AvgIpc) is 2.28. The Labute approximate surface area is 94.6 Å². The topological polar surface area (TPSA) is 104 Å². The maximum Gasteiger partial charge on any atom is 0.309 e. The SMILES string of the molecule is NCCNC(=O)C(=O)N[C@H]1CCCC[C@@H]1O. The van der Waals surface area contributed by atoms with Gasteiger partial charge in [-0.25, -0.2) is 0 Å². The van der Waals surface area contributed by atoms with Gasteiger partial charge in [0.05, 0.1) is 12.1 Å². The van der Waals surface area contributed by atoms with E-state index in [0.717, 1.165) is 19.3 Å². The third-order valence-electron chi connectivity index (χ3n) is 2.68. The molecule has 1 saturated carbocycles. The van der Waals surface area contributed by atoms with Gasteiger partial charge < -0.3 is 21.5 Å². The molecule has 0 bridgehead atoms. The lowest BCUT2D eigenvalue weighted by molar-refractivity contribution is -0.140. The molecule has 0 aromatic heterocycles. The van der Waals surface area contributed by atoms with Crippen molar-refractivity contribution in [1.29, 1.82) is 0 Å². The Morgan fingerprint density at radius 3 is 2.56 bits per heavy atom. The predicted molar refractivity (Wildman–Crippen MR) is 58.5 cm³/mol. The zero-order valence-corrected chi connectivity index (χ0v) is 9.24. The molecular formula is C10H19N3O3. The van der Waals surface area contributed by atoms with Crippen molar-refractivity contribution in [3.05, 3.63) is 0 Å². The maximum atomic E-state index is 11.4. The monoisotopic (exact) mass is 229 g/mol. The summed E-state index contributed by atoms with van der Waals surface area (Å²) in [6.07, 6.45) is 2.78. The smallest absolute Gasteiger partial charge is 0.309 e. The summed E-state index contributed by atoms with van der Waals surface area (Å²) >= 11 is 0. The molecule has 0 aromatic rings. The Kier molecular flexibility index (Phi) is 5.21. The van der Waals surface area contributed by atoms with Crippen molar-refractivity contribution < 1.29 is 14.7 Å². The highest BCUT2D eigenvalue weighted by Gasteiger charge is 2.26. The average molecular weight is 229 g/mol. The minimum Gasteiger partial charge on any atom is -0.391 e. The van der Waals surface area contributed by atoms with E-state index < -0.39 is 17.9 Å². The van der Waals surface area contributed by atoms with Crippen molar-refractivity contribution in [1.82, 2.24) is 10.6 Å². The predicted octanol–water partition coefficient (Wildman–Crippen LogP) is -1.52. The molecule has 6 nitrogen and oxygen atoms in total. The molecule has 2 amide bonds. The van der Waals surface area contributed by atoms with Gasteiger partial charge >= 0.3 is 11.8 Å². The van der Waals surface area contributed by atoms with E-state index in [2.05, 4.69) is 10.6 Å². The van der Waals surface area contributed by atoms with E-state index in [9.17, 15) is 14.7 Å². The molecule has 0 aromatic carbocycles. The van der Waals surface area contributed by atoms with Gasteiger partial charge in [-0.15, -0.1) is 0 Å². The number of nitrogens with one attached hydrogen (secondary N) is 2. The first-order chi connectivity index (χ1) is 7.65. The Morgan fingerprint density at radius 1 is 1.25 bits per heavy atom. The van der Waals surface area contributed by atoms with Crippen LogP contribution >= 0.6 is 0 Å². The molecule has 0 heterocycles. The molecule has 1 fully saturated rings. The van der Waals surface area contributed by atoms with E-state index in [1.807, 2.05) is 0 Å². The maximum absolute atomic E-state index is 11.4. The number of aliphatic hydroxyl groups excluding tert-OH is 1. The van der Waals surface area contributed by atoms with Gasteiger partial charge in [0.1, 0.15) is 0 Å². The normalized spacial score (nSPS) is 24.9. The standard InChI is InChI=1S/C10H19N3O3/c11-5-6-12-9(15)10(16)13-7-3-1-2-4-8(7)14/h7-8,14H,1-6,11H2,(H,12,15)(H,13,16)/t7-,8-/m0/s1. The summed E-state index contributed by atoms with van der Waals surface area (Å²) in [5.74, 6) is -1.39. The lowest BCUT2D eigenvalue weighted by Crippen LogP contribution is -2.50. The van der Waals surface area contributed by atoms with E-state index >= 15 is 0 Å². The first-order valence-corrected chi connectivity index (χ1v) is 5.62. The molecule has 1 aliphatic carbocycles. The van der Waals surface area contributed by atoms with E-state index in [1.165, 1.54) is 0 Å². The lowest BCUT2D eigenvalue weighted by atomic mass is 9.92. The Bertz CT molecular complexity index is 258. The zero-order valence-electron chi connectivity index (χ0n) is 9.24. The Balaban J connectivity index is 2.34. The Hall–Kier alpha value is -1.14. The van der Waals surface area contributed by atoms with Crippen LogP contribution < -0.4 is 16.4 Å². The fraction of sp³-hybridized carbons (Fsp3) is 0.800. The fourth-order valence-corrected chi connectivity index (χ4v) is 1.78. The van der Waals surface area contributed by atoms with Crippen molar-refractivity contribution in [3.8, 4) is 0 Å². The van der Waals surface area contributed by atoms with Crippen molar-refractivity contribution in [2.24, 2.45) is 5.73 Å². The van der Waals surface area contributed by atoms with Crippen LogP contribution in [0.15, 0.2) is 0 Å². The molecule has 6 heteroatoms. The quantitative estimate of drug-likeness (QED) is 0.441. The van der Waals surface area contributed by atoms with Crippen molar-refractivity contribution in [2.45, 2.75) is 37.8 Å². The third kappa shape index (κ3) is 3.79. The number of aliphatic hydroxyl groups is 1. The zero-order chi connectivity index (χ0) is 12.0. The van der Waals surface area contributed by atoms with Crippen molar-refractivity contribution in [2.75, 3.05) is 13.1 Å². The van der Waals surface area contributed by atoms with Gasteiger partial charge in [0, 0.05) is 13.1 Å². The van der Waals surface area contributed by atoms with Crippen LogP contribution in [0.3, 0.4) is 0 Å². The van der Waals surface area contributed by atoms with Crippen LogP contribution in [-0.2, 0) is 9.59 Å². The van der Waals surface area contributed by atoms with Gasteiger partial charge in [-0.3, -0.25) is 9.59 Å². The largest absolute Gasteiger partial charge is 0.391 e. The first kappa shape index (κ1) is 12.9. The fourth-order valence-electron chi connectivity index (χ4n) is 1.78. The van der Waals surface area contributed by atoms with Crippen LogP contribution in [0.4, 0.5) is 0 Å². The molecule has 1 aliphatic rings. The summed E-state index contributed by atoms with van der Waals surface area (Å²) in [6, 6.07) is -0.301. The lowest BCUT2D eigenvalue weighted by Gasteiger charge is -2.27. The van der Waals surface area contributed by atoms with Gasteiger partial charge in [0.2, 0.25) is 0 Å². The van der Waals surface area contributed by atoms with Crippen LogP contribution in [0.2, 0.25) is 0 Å². The molecule has 0 aliphatic heterocycles. The minimum atomic E-state index is -0.695. The molecule has 0 spiro atoms. The molecule has 5 N–H and O–H groups in total. The van der Waals surface area contributed by atoms with Crippen molar-refractivity contribution in [3.63, 3.8) is 0 Å². The van der Waals surface area contributed by atoms with Gasteiger partial charge in [0.15, 0.2) is 0 Å². The highest BCUT2D eigenvalue weighted by atomic mass is 16.3. The third-order valence-corrected chi connectivity index (χ3v) is 2.68. The highest BCUT2D eigenvalue weighted by Crippen LogP contribution is 2.18. The molecule has 0 unspecified atom stereocenters.